The fourth-order valence-electron chi connectivity index (χ4n) is 3.10. The lowest BCUT2D eigenvalue weighted by Crippen LogP contribution is -2.55. The van der Waals surface area contributed by atoms with Crippen molar-refractivity contribution >= 4 is 35.3 Å². The lowest BCUT2D eigenvalue weighted by Gasteiger charge is -2.28. The van der Waals surface area contributed by atoms with Gasteiger partial charge in [-0.1, -0.05) is 20.8 Å². The number of ketones is 1. The zero-order valence-electron chi connectivity index (χ0n) is 20.1. The minimum atomic E-state index is -1.79. The highest BCUT2D eigenvalue weighted by Crippen LogP contribution is 2.32. The number of cyclic esters (lactones) is 1. The summed E-state index contributed by atoms with van der Waals surface area (Å²) in [4.78, 5) is 64.4. The molecule has 1 aliphatic heterocycles. The second kappa shape index (κ2) is 9.21. The van der Waals surface area contributed by atoms with E-state index in [1.54, 1.807) is 34.6 Å². The number of rotatable bonds is 7. The molecule has 1 fully saturated rings. The fraction of sp³-hybridized carbons (Fsp3) is 0.522. The first-order valence-electron chi connectivity index (χ1n) is 10.4. The summed E-state index contributed by atoms with van der Waals surface area (Å²) in [6.07, 6.45) is -1.36. The Balaban J connectivity index is 2.54. The highest BCUT2D eigenvalue weighted by atomic mass is 16.6. The average molecular weight is 462 g/mol. The molecule has 33 heavy (non-hydrogen) atoms. The van der Waals surface area contributed by atoms with Crippen LogP contribution in [0.25, 0.3) is 0 Å². The molecule has 0 bridgehead atoms. The summed E-state index contributed by atoms with van der Waals surface area (Å²) in [7, 11) is 1.21. The van der Waals surface area contributed by atoms with Crippen molar-refractivity contribution in [1.82, 2.24) is 4.90 Å². The van der Waals surface area contributed by atoms with Crippen LogP contribution in [0.2, 0.25) is 0 Å². The molecule has 10 heteroatoms. The van der Waals surface area contributed by atoms with Crippen molar-refractivity contribution in [3.63, 3.8) is 0 Å². The van der Waals surface area contributed by atoms with E-state index in [4.69, 9.17) is 14.2 Å². The molecule has 180 valence electrons. The van der Waals surface area contributed by atoms with Crippen LogP contribution in [0.3, 0.4) is 0 Å². The molecule has 1 N–H and O–H groups in total. The molecule has 1 heterocycles. The zero-order valence-corrected chi connectivity index (χ0v) is 20.1. The average Bonchev–Trinajstić information content (AvgIpc) is 2.89. The van der Waals surface area contributed by atoms with Crippen LogP contribution >= 0.6 is 0 Å². The van der Waals surface area contributed by atoms with Gasteiger partial charge in [0.1, 0.15) is 5.75 Å². The molecule has 1 aromatic rings. The van der Waals surface area contributed by atoms with Gasteiger partial charge in [0.15, 0.2) is 17.4 Å². The van der Waals surface area contributed by atoms with Crippen LogP contribution in [0.15, 0.2) is 18.2 Å². The highest BCUT2D eigenvalue weighted by molar-refractivity contribution is 6.19. The molecule has 0 aliphatic carbocycles. The van der Waals surface area contributed by atoms with E-state index < -0.39 is 46.7 Å². The van der Waals surface area contributed by atoms with Crippen molar-refractivity contribution in [2.75, 3.05) is 12.4 Å². The number of carbonyl (C=O) groups is 5. The topological polar surface area (TPSA) is 128 Å². The largest absolute Gasteiger partial charge is 0.489 e. The zero-order chi connectivity index (χ0) is 25.3. The lowest BCUT2D eigenvalue weighted by atomic mass is 9.85. The lowest BCUT2D eigenvalue weighted by molar-refractivity contribution is -0.145. The SMILES string of the molecule is COC(=O)c1ccc(OC(C)C)c(NC(=O)C(C(=O)C(C)(C)C)N2C(=O)OC(C)(C)C2=O)c1. The first kappa shape index (κ1) is 25.8. The number of ether oxygens (including phenoxy) is 3. The Morgan fingerprint density at radius 1 is 1.12 bits per heavy atom. The van der Waals surface area contributed by atoms with E-state index in [2.05, 4.69) is 5.32 Å². The third-order valence-corrected chi connectivity index (χ3v) is 4.79. The summed E-state index contributed by atoms with van der Waals surface area (Å²) in [5.41, 5.74) is -2.40. The number of methoxy groups -OCH3 is 1. The second-order valence-corrected chi connectivity index (χ2v) is 9.43. The van der Waals surface area contributed by atoms with E-state index in [1.807, 2.05) is 0 Å². The summed E-state index contributed by atoms with van der Waals surface area (Å²) >= 11 is 0. The molecule has 0 spiro atoms. The monoisotopic (exact) mass is 462 g/mol. The minimum absolute atomic E-state index is 0.0718. The fourth-order valence-corrected chi connectivity index (χ4v) is 3.10. The number of Topliss-reactive ketones (excluding diaryl/α,β-unsaturated/α-hetero) is 1. The molecule has 1 atom stereocenters. The van der Waals surface area contributed by atoms with E-state index in [1.165, 1.54) is 39.2 Å². The molecule has 0 aromatic heterocycles. The number of nitrogens with one attached hydrogen (secondary N) is 1. The van der Waals surface area contributed by atoms with Crippen molar-refractivity contribution < 1.29 is 38.2 Å². The maximum atomic E-state index is 13.4. The number of carbonyl (C=O) groups excluding carboxylic acids is 5. The van der Waals surface area contributed by atoms with E-state index >= 15 is 0 Å². The van der Waals surface area contributed by atoms with Gasteiger partial charge >= 0.3 is 12.1 Å². The van der Waals surface area contributed by atoms with Gasteiger partial charge in [-0.25, -0.2) is 14.5 Å². The third-order valence-electron chi connectivity index (χ3n) is 4.79. The smallest absolute Gasteiger partial charge is 0.418 e. The standard InChI is InChI=1S/C23H30N2O8/c1-12(2)32-15-10-9-13(19(28)31-8)11-14(15)24-18(27)16(17(26)22(3,4)5)25-20(29)23(6,7)33-21(25)30/h9-12,16H,1-8H3,(H,24,27). The molecule has 1 unspecified atom stereocenters. The van der Waals surface area contributed by atoms with Gasteiger partial charge in [-0.2, -0.15) is 0 Å². The quantitative estimate of drug-likeness (QED) is 0.484. The number of benzene rings is 1. The number of anilines is 1. The van der Waals surface area contributed by atoms with Crippen LogP contribution in [0, 0.1) is 5.41 Å². The molecule has 10 nitrogen and oxygen atoms in total. The van der Waals surface area contributed by atoms with Crippen molar-refractivity contribution in [3.8, 4) is 5.75 Å². The van der Waals surface area contributed by atoms with Crippen LogP contribution in [0.1, 0.15) is 58.8 Å². The number of esters is 1. The molecule has 1 aromatic carbocycles. The van der Waals surface area contributed by atoms with Crippen molar-refractivity contribution in [2.45, 2.75) is 66.2 Å². The minimum Gasteiger partial charge on any atom is -0.489 e. The molecular formula is C23H30N2O8. The van der Waals surface area contributed by atoms with Gasteiger partial charge < -0.3 is 19.5 Å². The Morgan fingerprint density at radius 2 is 1.73 bits per heavy atom. The Kier molecular flexibility index (Phi) is 7.20. The third kappa shape index (κ3) is 5.50. The van der Waals surface area contributed by atoms with Crippen LogP contribution in [-0.4, -0.2) is 59.4 Å². The maximum Gasteiger partial charge on any atom is 0.418 e. The van der Waals surface area contributed by atoms with E-state index in [-0.39, 0.29) is 23.1 Å². The van der Waals surface area contributed by atoms with Gasteiger partial charge in [0, 0.05) is 5.41 Å². The van der Waals surface area contributed by atoms with Crippen LogP contribution in [0.5, 0.6) is 5.75 Å². The summed E-state index contributed by atoms with van der Waals surface area (Å²) < 4.78 is 15.5. The number of amides is 3. The Labute approximate surface area is 192 Å². The van der Waals surface area contributed by atoms with Crippen molar-refractivity contribution in [2.24, 2.45) is 5.41 Å². The molecule has 0 radical (unpaired) electrons. The van der Waals surface area contributed by atoms with E-state index in [0.717, 1.165) is 0 Å². The molecular weight excluding hydrogens is 432 g/mol. The Hall–Kier alpha value is -3.43. The van der Waals surface area contributed by atoms with Crippen LogP contribution < -0.4 is 10.1 Å². The number of hydrogen-bond donors (Lipinski definition) is 1. The van der Waals surface area contributed by atoms with E-state index in [0.29, 0.717) is 4.90 Å². The molecule has 1 aliphatic rings. The molecule has 1 saturated heterocycles. The van der Waals surface area contributed by atoms with Gasteiger partial charge in [0.05, 0.1) is 24.5 Å². The normalized spacial score (nSPS) is 16.3. The number of nitrogens with zero attached hydrogens (tertiary/aromatic N) is 1. The van der Waals surface area contributed by atoms with Gasteiger partial charge in [-0.3, -0.25) is 14.4 Å². The Bertz CT molecular complexity index is 991. The van der Waals surface area contributed by atoms with Crippen LogP contribution in [0.4, 0.5) is 10.5 Å². The van der Waals surface area contributed by atoms with Gasteiger partial charge in [0.2, 0.25) is 0 Å². The molecule has 2 rings (SSSR count). The summed E-state index contributed by atoms with van der Waals surface area (Å²) in [6.45, 7) is 11.0. The summed E-state index contributed by atoms with van der Waals surface area (Å²) in [5.74, 6) is -2.85. The van der Waals surface area contributed by atoms with Gasteiger partial charge in [-0.05, 0) is 45.9 Å². The van der Waals surface area contributed by atoms with Gasteiger partial charge in [-0.15, -0.1) is 0 Å². The van der Waals surface area contributed by atoms with E-state index in [9.17, 15) is 24.0 Å². The van der Waals surface area contributed by atoms with Crippen molar-refractivity contribution in [1.29, 1.82) is 0 Å². The summed E-state index contributed by atoms with van der Waals surface area (Å²) in [5, 5.41) is 2.54. The summed E-state index contributed by atoms with van der Waals surface area (Å²) in [6, 6.07) is 2.47. The molecule has 0 saturated carbocycles. The van der Waals surface area contributed by atoms with Gasteiger partial charge in [0.25, 0.3) is 11.8 Å². The number of hydrogen-bond acceptors (Lipinski definition) is 8. The maximum absolute atomic E-state index is 13.4. The first-order chi connectivity index (χ1) is 15.1. The predicted molar refractivity (Wildman–Crippen MR) is 118 cm³/mol. The molecule has 3 amide bonds. The van der Waals surface area contributed by atoms with Crippen LogP contribution in [-0.2, 0) is 23.9 Å². The Morgan fingerprint density at radius 3 is 2.18 bits per heavy atom. The predicted octanol–water partition coefficient (Wildman–Crippen LogP) is 2.94. The highest BCUT2D eigenvalue weighted by Gasteiger charge is 2.55. The van der Waals surface area contributed by atoms with Crippen molar-refractivity contribution in [3.05, 3.63) is 23.8 Å². The first-order valence-corrected chi connectivity index (χ1v) is 10.4. The number of imide groups is 1. The second-order valence-electron chi connectivity index (χ2n) is 9.43.